The van der Waals surface area contributed by atoms with E-state index in [-0.39, 0.29) is 16.9 Å². The molecule has 10 heavy (non-hydrogen) atoms. The van der Waals surface area contributed by atoms with Crippen molar-refractivity contribution >= 4 is 21.9 Å². The van der Waals surface area contributed by atoms with E-state index in [1.807, 2.05) is 6.08 Å². The average molecular weight is 203 g/mol. The maximum absolute atomic E-state index is 10.7. The summed E-state index contributed by atoms with van der Waals surface area (Å²) in [5.41, 5.74) is 0. The summed E-state index contributed by atoms with van der Waals surface area (Å²) in [5, 5.41) is 0. The third-order valence-electron chi connectivity index (χ3n) is 1.95. The van der Waals surface area contributed by atoms with Gasteiger partial charge >= 0.3 is 5.97 Å². The number of hydrogen-bond acceptors (Lipinski definition) is 2. The lowest BCUT2D eigenvalue weighted by Crippen LogP contribution is -2.18. The summed E-state index contributed by atoms with van der Waals surface area (Å²) < 4.78 is 5.05. The zero-order chi connectivity index (χ0) is 7.14. The van der Waals surface area contributed by atoms with Crippen LogP contribution < -0.4 is 0 Å². The van der Waals surface area contributed by atoms with Crippen LogP contribution in [0.5, 0.6) is 0 Å². The molecule has 1 aliphatic heterocycles. The topological polar surface area (TPSA) is 26.3 Å². The van der Waals surface area contributed by atoms with E-state index < -0.39 is 0 Å². The Balaban J connectivity index is 2.19. The van der Waals surface area contributed by atoms with Crippen molar-refractivity contribution in [2.24, 2.45) is 5.92 Å². The summed E-state index contributed by atoms with van der Waals surface area (Å²) in [6.45, 7) is 0. The van der Waals surface area contributed by atoms with Crippen molar-refractivity contribution in [1.29, 1.82) is 0 Å². The van der Waals surface area contributed by atoms with E-state index in [0.29, 0.717) is 12.3 Å². The molecule has 0 aromatic heterocycles. The summed E-state index contributed by atoms with van der Waals surface area (Å²) in [7, 11) is 0. The highest BCUT2D eigenvalue weighted by molar-refractivity contribution is 9.09. The van der Waals surface area contributed by atoms with Crippen LogP contribution in [0.15, 0.2) is 12.2 Å². The van der Waals surface area contributed by atoms with Crippen molar-refractivity contribution < 1.29 is 9.53 Å². The fourth-order valence-electron chi connectivity index (χ4n) is 1.43. The minimum Gasteiger partial charge on any atom is -0.460 e. The molecule has 0 saturated carbocycles. The molecule has 0 aromatic rings. The number of carbonyl (C=O) groups is 1. The van der Waals surface area contributed by atoms with Gasteiger partial charge in [-0.2, -0.15) is 0 Å². The number of carbonyl (C=O) groups excluding carboxylic acids is 1. The first-order valence-electron chi connectivity index (χ1n) is 3.29. The van der Waals surface area contributed by atoms with Crippen molar-refractivity contribution in [3.8, 4) is 0 Å². The largest absolute Gasteiger partial charge is 0.460 e. The van der Waals surface area contributed by atoms with E-state index in [1.54, 1.807) is 0 Å². The molecule has 0 unspecified atom stereocenters. The summed E-state index contributed by atoms with van der Waals surface area (Å²) in [6.07, 6.45) is 4.73. The molecule has 1 saturated heterocycles. The second-order valence-electron chi connectivity index (χ2n) is 2.65. The van der Waals surface area contributed by atoms with Crippen LogP contribution in [0, 0.1) is 5.92 Å². The highest BCUT2D eigenvalue weighted by Gasteiger charge is 2.40. The van der Waals surface area contributed by atoms with Crippen molar-refractivity contribution in [2.45, 2.75) is 17.4 Å². The molecule has 0 amide bonds. The number of halogens is 1. The van der Waals surface area contributed by atoms with Gasteiger partial charge in [0, 0.05) is 5.92 Å². The molecule has 1 aliphatic carbocycles. The van der Waals surface area contributed by atoms with Gasteiger partial charge in [0.25, 0.3) is 0 Å². The molecule has 54 valence electrons. The van der Waals surface area contributed by atoms with Gasteiger partial charge in [-0.15, -0.1) is 0 Å². The van der Waals surface area contributed by atoms with E-state index in [0.717, 1.165) is 0 Å². The number of alkyl halides is 1. The lowest BCUT2D eigenvalue weighted by molar-refractivity contribution is -0.141. The summed E-state index contributed by atoms with van der Waals surface area (Å²) >= 11 is 3.41. The predicted molar refractivity (Wildman–Crippen MR) is 39.8 cm³/mol. The van der Waals surface area contributed by atoms with Gasteiger partial charge in [0.05, 0.1) is 11.2 Å². The number of fused-ring (bicyclic) bond motifs is 1. The monoisotopic (exact) mass is 202 g/mol. The Labute approximate surface area is 67.4 Å². The normalized spacial score (nSPS) is 43.7. The van der Waals surface area contributed by atoms with Gasteiger partial charge in [0.15, 0.2) is 0 Å². The Hall–Kier alpha value is -0.310. The second-order valence-corrected chi connectivity index (χ2v) is 3.71. The fourth-order valence-corrected chi connectivity index (χ4v) is 2.11. The van der Waals surface area contributed by atoms with E-state index in [9.17, 15) is 4.79 Å². The summed E-state index contributed by atoms with van der Waals surface area (Å²) in [4.78, 5) is 11.0. The van der Waals surface area contributed by atoms with Crippen LogP contribution in [0.1, 0.15) is 6.42 Å². The lowest BCUT2D eigenvalue weighted by atomic mass is 10.1. The molecule has 1 fully saturated rings. The number of esters is 1. The molecule has 0 bridgehead atoms. The first-order valence-corrected chi connectivity index (χ1v) is 4.21. The lowest BCUT2D eigenvalue weighted by Gasteiger charge is -2.10. The molecule has 3 heteroatoms. The standard InChI is InChI=1S/C7H7BrO2/c8-5-2-1-4-3-6(9)10-7(4)5/h1-2,4-5,7H,3H2/t4-,5+,7+/m0/s1. The van der Waals surface area contributed by atoms with E-state index in [4.69, 9.17) is 4.74 Å². The Morgan fingerprint density at radius 3 is 3.10 bits per heavy atom. The van der Waals surface area contributed by atoms with Crippen LogP contribution >= 0.6 is 15.9 Å². The van der Waals surface area contributed by atoms with Gasteiger partial charge in [0.1, 0.15) is 6.10 Å². The number of hydrogen-bond donors (Lipinski definition) is 0. The van der Waals surface area contributed by atoms with Gasteiger partial charge in [-0.1, -0.05) is 28.1 Å². The Morgan fingerprint density at radius 1 is 1.60 bits per heavy atom. The van der Waals surface area contributed by atoms with Crippen molar-refractivity contribution in [3.05, 3.63) is 12.2 Å². The van der Waals surface area contributed by atoms with Crippen LogP contribution in [0.25, 0.3) is 0 Å². The van der Waals surface area contributed by atoms with E-state index in [1.165, 1.54) is 0 Å². The van der Waals surface area contributed by atoms with Gasteiger partial charge < -0.3 is 4.74 Å². The van der Waals surface area contributed by atoms with Gasteiger partial charge in [-0.3, -0.25) is 4.79 Å². The highest BCUT2D eigenvalue weighted by atomic mass is 79.9. The minimum atomic E-state index is -0.0659. The third kappa shape index (κ3) is 0.804. The first-order chi connectivity index (χ1) is 4.77. The van der Waals surface area contributed by atoms with Gasteiger partial charge in [-0.05, 0) is 0 Å². The maximum Gasteiger partial charge on any atom is 0.306 e. The second kappa shape index (κ2) is 2.09. The fraction of sp³-hybridized carbons (Fsp3) is 0.571. The summed E-state index contributed by atoms with van der Waals surface area (Å²) in [5.74, 6) is 0.265. The molecule has 0 spiro atoms. The summed E-state index contributed by atoms with van der Waals surface area (Å²) in [6, 6.07) is 0. The maximum atomic E-state index is 10.7. The average Bonchev–Trinajstić information content (AvgIpc) is 2.35. The molecule has 2 rings (SSSR count). The minimum absolute atomic E-state index is 0.0659. The zero-order valence-electron chi connectivity index (χ0n) is 5.29. The molecular formula is C7H7BrO2. The van der Waals surface area contributed by atoms with Crippen molar-refractivity contribution in [2.75, 3.05) is 0 Å². The Bertz CT molecular complexity index is 200. The molecule has 3 atom stereocenters. The van der Waals surface area contributed by atoms with E-state index in [2.05, 4.69) is 22.0 Å². The van der Waals surface area contributed by atoms with Crippen LogP contribution in [0.4, 0.5) is 0 Å². The smallest absolute Gasteiger partial charge is 0.306 e. The van der Waals surface area contributed by atoms with Crippen molar-refractivity contribution in [1.82, 2.24) is 0 Å². The van der Waals surface area contributed by atoms with Crippen LogP contribution in [0.3, 0.4) is 0 Å². The Morgan fingerprint density at radius 2 is 2.40 bits per heavy atom. The third-order valence-corrected chi connectivity index (χ3v) is 2.77. The SMILES string of the molecule is O=C1C[C@@H]2C=C[C@@H](Br)[C@@H]2O1. The molecule has 0 aromatic carbocycles. The molecule has 2 aliphatic rings. The zero-order valence-corrected chi connectivity index (χ0v) is 6.87. The van der Waals surface area contributed by atoms with Crippen molar-refractivity contribution in [3.63, 3.8) is 0 Å². The molecule has 2 nitrogen and oxygen atoms in total. The first kappa shape index (κ1) is 6.40. The number of rotatable bonds is 0. The van der Waals surface area contributed by atoms with Crippen LogP contribution in [-0.4, -0.2) is 16.9 Å². The Kier molecular flexibility index (Phi) is 1.34. The predicted octanol–water partition coefficient (Wildman–Crippen LogP) is 1.25. The van der Waals surface area contributed by atoms with Gasteiger partial charge in [0.2, 0.25) is 0 Å². The quantitative estimate of drug-likeness (QED) is 0.336. The van der Waals surface area contributed by atoms with Crippen LogP contribution in [-0.2, 0) is 9.53 Å². The van der Waals surface area contributed by atoms with Gasteiger partial charge in [-0.25, -0.2) is 0 Å². The number of ether oxygens (including phenoxy) is 1. The molecule has 0 N–H and O–H groups in total. The molecule has 1 heterocycles. The van der Waals surface area contributed by atoms with E-state index >= 15 is 0 Å². The molecule has 0 radical (unpaired) electrons. The highest BCUT2D eigenvalue weighted by Crippen LogP contribution is 2.34. The van der Waals surface area contributed by atoms with Crippen LogP contribution in [0.2, 0.25) is 0 Å². The molecular weight excluding hydrogens is 196 g/mol.